The molecule has 0 bridgehead atoms. The fourth-order valence-corrected chi connectivity index (χ4v) is 2.10. The number of rotatable bonds is 3. The van der Waals surface area contributed by atoms with Crippen LogP contribution in [0.25, 0.3) is 0 Å². The van der Waals surface area contributed by atoms with E-state index in [4.69, 9.17) is 0 Å². The monoisotopic (exact) mass is 171 g/mol. The Morgan fingerprint density at radius 3 is 2.55 bits per heavy atom. The third kappa shape index (κ3) is 2.78. The first-order valence-electron chi connectivity index (χ1n) is 4.41. The quantitative estimate of drug-likeness (QED) is 0.642. The van der Waals surface area contributed by atoms with E-state index in [2.05, 4.69) is 18.4 Å². The predicted molar refractivity (Wildman–Crippen MR) is 52.7 cm³/mol. The van der Waals surface area contributed by atoms with E-state index >= 15 is 0 Å². The molecule has 0 saturated carbocycles. The highest BCUT2D eigenvalue weighted by atomic mass is 32.2. The molecule has 0 unspecified atom stereocenters. The van der Waals surface area contributed by atoms with Crippen LogP contribution in [0.2, 0.25) is 0 Å². The number of thioether (sulfide) groups is 1. The molecule has 0 atom stereocenters. The van der Waals surface area contributed by atoms with E-state index in [1.165, 1.54) is 37.4 Å². The second-order valence-electron chi connectivity index (χ2n) is 2.87. The van der Waals surface area contributed by atoms with Crippen LogP contribution in [0.4, 0.5) is 0 Å². The summed E-state index contributed by atoms with van der Waals surface area (Å²) in [5.74, 6) is 1.15. The minimum absolute atomic E-state index is 1.15. The summed E-state index contributed by atoms with van der Waals surface area (Å²) in [6, 6.07) is 0. The van der Waals surface area contributed by atoms with Gasteiger partial charge in [0.1, 0.15) is 0 Å². The normalized spacial score (nSPS) is 18.5. The summed E-state index contributed by atoms with van der Waals surface area (Å²) in [4.78, 5) is 2.41. The molecule has 0 aromatic carbocycles. The fraction of sp³-hybridized carbons (Fsp3) is 0.778. The minimum atomic E-state index is 1.15. The second-order valence-corrected chi connectivity index (χ2v) is 4.21. The standard InChI is InChI=1S/C9H17NS/c1-3-11-9(2)10-7-5-4-6-8-10/h2-8H2,1H3. The smallest absolute Gasteiger partial charge is 0.0634 e. The summed E-state index contributed by atoms with van der Waals surface area (Å²) >= 11 is 1.87. The summed E-state index contributed by atoms with van der Waals surface area (Å²) in [5, 5.41) is 1.27. The van der Waals surface area contributed by atoms with Crippen molar-refractivity contribution in [2.45, 2.75) is 26.2 Å². The van der Waals surface area contributed by atoms with Gasteiger partial charge in [-0.2, -0.15) is 0 Å². The van der Waals surface area contributed by atoms with Gasteiger partial charge in [0, 0.05) is 13.1 Å². The topological polar surface area (TPSA) is 3.24 Å². The van der Waals surface area contributed by atoms with Crippen molar-refractivity contribution in [1.29, 1.82) is 0 Å². The molecule has 1 heterocycles. The summed E-state index contributed by atoms with van der Waals surface area (Å²) < 4.78 is 0. The Bertz CT molecular complexity index is 128. The molecular weight excluding hydrogens is 154 g/mol. The maximum atomic E-state index is 4.06. The van der Waals surface area contributed by atoms with E-state index in [0.29, 0.717) is 0 Å². The molecule has 1 fully saturated rings. The van der Waals surface area contributed by atoms with Crippen molar-refractivity contribution in [3.05, 3.63) is 11.6 Å². The van der Waals surface area contributed by atoms with Crippen LogP contribution in [-0.2, 0) is 0 Å². The summed E-state index contributed by atoms with van der Waals surface area (Å²) in [6.45, 7) is 8.69. The lowest BCUT2D eigenvalue weighted by Crippen LogP contribution is -2.27. The molecule has 0 aromatic heterocycles. The first-order chi connectivity index (χ1) is 5.34. The second kappa shape index (κ2) is 4.70. The molecule has 1 saturated heterocycles. The Labute approximate surface area is 73.8 Å². The van der Waals surface area contributed by atoms with E-state index in [0.717, 1.165) is 5.75 Å². The maximum absolute atomic E-state index is 4.06. The van der Waals surface area contributed by atoms with Crippen molar-refractivity contribution < 1.29 is 0 Å². The number of nitrogens with zero attached hydrogens (tertiary/aromatic N) is 1. The zero-order chi connectivity index (χ0) is 8.10. The lowest BCUT2D eigenvalue weighted by atomic mass is 10.1. The number of likely N-dealkylation sites (tertiary alicyclic amines) is 1. The predicted octanol–water partition coefficient (Wildman–Crippen LogP) is 2.70. The lowest BCUT2D eigenvalue weighted by Gasteiger charge is -2.29. The van der Waals surface area contributed by atoms with Crippen LogP contribution >= 0.6 is 11.8 Å². The molecule has 0 radical (unpaired) electrons. The number of hydrogen-bond acceptors (Lipinski definition) is 2. The first-order valence-corrected chi connectivity index (χ1v) is 5.40. The Balaban J connectivity index is 2.27. The average Bonchev–Trinajstić information content (AvgIpc) is 2.07. The van der Waals surface area contributed by atoms with E-state index in [9.17, 15) is 0 Å². The maximum Gasteiger partial charge on any atom is 0.0634 e. The first kappa shape index (κ1) is 8.98. The Hall–Kier alpha value is -0.110. The van der Waals surface area contributed by atoms with Crippen molar-refractivity contribution in [3.8, 4) is 0 Å². The van der Waals surface area contributed by atoms with Gasteiger partial charge in [-0.05, 0) is 25.0 Å². The molecule has 0 aromatic rings. The molecule has 64 valence electrons. The van der Waals surface area contributed by atoms with Gasteiger partial charge in [0.05, 0.1) is 5.03 Å². The van der Waals surface area contributed by atoms with Gasteiger partial charge in [-0.15, -0.1) is 11.8 Å². The molecule has 1 aliphatic rings. The molecule has 11 heavy (non-hydrogen) atoms. The lowest BCUT2D eigenvalue weighted by molar-refractivity contribution is 0.303. The van der Waals surface area contributed by atoms with Crippen LogP contribution in [0.1, 0.15) is 26.2 Å². The highest BCUT2D eigenvalue weighted by Gasteiger charge is 2.10. The third-order valence-electron chi connectivity index (χ3n) is 2.02. The third-order valence-corrected chi connectivity index (χ3v) is 2.90. The molecule has 2 heteroatoms. The highest BCUT2D eigenvalue weighted by molar-refractivity contribution is 8.02. The number of piperidine rings is 1. The number of hydrogen-bond donors (Lipinski definition) is 0. The van der Waals surface area contributed by atoms with Crippen molar-refractivity contribution in [2.75, 3.05) is 18.8 Å². The summed E-state index contributed by atoms with van der Waals surface area (Å²) in [6.07, 6.45) is 4.10. The molecule has 1 aliphatic heterocycles. The minimum Gasteiger partial charge on any atom is -0.367 e. The van der Waals surface area contributed by atoms with Crippen LogP contribution in [0.15, 0.2) is 11.6 Å². The average molecular weight is 171 g/mol. The van der Waals surface area contributed by atoms with Gasteiger partial charge in [-0.1, -0.05) is 13.5 Å². The molecule has 0 aliphatic carbocycles. The zero-order valence-corrected chi connectivity index (χ0v) is 8.12. The van der Waals surface area contributed by atoms with Gasteiger partial charge >= 0.3 is 0 Å². The Kier molecular flexibility index (Phi) is 3.84. The zero-order valence-electron chi connectivity index (χ0n) is 7.31. The van der Waals surface area contributed by atoms with Gasteiger partial charge in [-0.3, -0.25) is 0 Å². The largest absolute Gasteiger partial charge is 0.367 e. The molecule has 0 amide bonds. The SMILES string of the molecule is C=C(SCC)N1CCCCC1. The Morgan fingerprint density at radius 2 is 2.00 bits per heavy atom. The fourth-order valence-electron chi connectivity index (χ4n) is 1.40. The van der Waals surface area contributed by atoms with Crippen LogP contribution in [-0.4, -0.2) is 23.7 Å². The van der Waals surface area contributed by atoms with Gasteiger partial charge in [0.2, 0.25) is 0 Å². The van der Waals surface area contributed by atoms with E-state index in [-0.39, 0.29) is 0 Å². The molecule has 0 spiro atoms. The molecule has 0 N–H and O–H groups in total. The van der Waals surface area contributed by atoms with Gasteiger partial charge in [0.25, 0.3) is 0 Å². The molecular formula is C9H17NS. The summed E-state index contributed by atoms with van der Waals surface area (Å²) in [5.41, 5.74) is 0. The van der Waals surface area contributed by atoms with E-state index in [1.54, 1.807) is 0 Å². The van der Waals surface area contributed by atoms with Crippen molar-refractivity contribution in [2.24, 2.45) is 0 Å². The molecule has 1 rings (SSSR count). The van der Waals surface area contributed by atoms with Crippen LogP contribution in [0.3, 0.4) is 0 Å². The van der Waals surface area contributed by atoms with Gasteiger partial charge in [-0.25, -0.2) is 0 Å². The van der Waals surface area contributed by atoms with Gasteiger partial charge < -0.3 is 4.90 Å². The van der Waals surface area contributed by atoms with Crippen molar-refractivity contribution >= 4 is 11.8 Å². The summed E-state index contributed by atoms with van der Waals surface area (Å²) in [7, 11) is 0. The van der Waals surface area contributed by atoms with Crippen LogP contribution < -0.4 is 0 Å². The van der Waals surface area contributed by atoms with E-state index in [1.807, 2.05) is 11.8 Å². The van der Waals surface area contributed by atoms with Crippen LogP contribution in [0, 0.1) is 0 Å². The van der Waals surface area contributed by atoms with Crippen LogP contribution in [0.5, 0.6) is 0 Å². The van der Waals surface area contributed by atoms with Crippen molar-refractivity contribution in [3.63, 3.8) is 0 Å². The Morgan fingerprint density at radius 1 is 1.36 bits per heavy atom. The van der Waals surface area contributed by atoms with Crippen molar-refractivity contribution in [1.82, 2.24) is 4.90 Å². The molecule has 1 nitrogen and oxygen atoms in total. The van der Waals surface area contributed by atoms with Gasteiger partial charge in [0.15, 0.2) is 0 Å². The highest BCUT2D eigenvalue weighted by Crippen LogP contribution is 2.21. The van der Waals surface area contributed by atoms with E-state index < -0.39 is 0 Å².